The molecule has 0 saturated heterocycles. The van der Waals surface area contributed by atoms with Crippen LogP contribution in [0.3, 0.4) is 0 Å². The first kappa shape index (κ1) is 17.9. The minimum absolute atomic E-state index is 0.276. The fourth-order valence-corrected chi connectivity index (χ4v) is 2.82. The van der Waals surface area contributed by atoms with Crippen LogP contribution in [0.25, 0.3) is 10.9 Å². The van der Waals surface area contributed by atoms with Crippen LogP contribution in [0.4, 0.5) is 10.5 Å². The number of carbonyl (C=O) groups excluding carboxylic acids is 1. The van der Waals surface area contributed by atoms with Crippen molar-refractivity contribution in [3.05, 3.63) is 36.5 Å². The van der Waals surface area contributed by atoms with E-state index in [4.69, 9.17) is 4.74 Å². The zero-order chi connectivity index (χ0) is 18.5. The van der Waals surface area contributed by atoms with E-state index < -0.39 is 0 Å². The standard InChI is InChI=1S/C17H23N7O2/c1-12(16-22-18-11-24(16)7-4-8-26-3)20-17(25)21-14-5-6-15-13(9-14)10-19-23(15)2/h5-6,9-12H,4,7-8H2,1-3H3,(H2,20,21,25). The molecule has 1 aromatic carbocycles. The minimum Gasteiger partial charge on any atom is -0.385 e. The highest BCUT2D eigenvalue weighted by Gasteiger charge is 2.16. The van der Waals surface area contributed by atoms with Crippen molar-refractivity contribution in [1.29, 1.82) is 0 Å². The van der Waals surface area contributed by atoms with Gasteiger partial charge in [0.1, 0.15) is 6.33 Å². The number of methoxy groups -OCH3 is 1. The molecule has 0 radical (unpaired) electrons. The molecule has 0 aliphatic carbocycles. The molecule has 2 N–H and O–H groups in total. The molecule has 0 aliphatic rings. The molecule has 0 spiro atoms. The van der Waals surface area contributed by atoms with E-state index in [2.05, 4.69) is 25.9 Å². The van der Waals surface area contributed by atoms with Gasteiger partial charge in [-0.05, 0) is 31.5 Å². The predicted octanol–water partition coefficient (Wildman–Crippen LogP) is 2.08. The lowest BCUT2D eigenvalue weighted by Crippen LogP contribution is -2.32. The van der Waals surface area contributed by atoms with Crippen molar-refractivity contribution in [2.24, 2.45) is 7.05 Å². The minimum atomic E-state index is -0.299. The van der Waals surface area contributed by atoms with E-state index in [1.807, 2.05) is 36.7 Å². The van der Waals surface area contributed by atoms with Crippen LogP contribution in [0.15, 0.2) is 30.7 Å². The number of rotatable bonds is 7. The second kappa shape index (κ2) is 7.96. The number of carbonyl (C=O) groups is 1. The SMILES string of the molecule is COCCCn1cnnc1C(C)NC(=O)Nc1ccc2c(cnn2C)c1. The first-order valence-electron chi connectivity index (χ1n) is 8.44. The molecule has 138 valence electrons. The van der Waals surface area contributed by atoms with Gasteiger partial charge in [-0.2, -0.15) is 5.10 Å². The molecule has 2 heterocycles. The number of hydrogen-bond donors (Lipinski definition) is 2. The van der Waals surface area contributed by atoms with E-state index in [0.29, 0.717) is 18.1 Å². The molecule has 2 amide bonds. The van der Waals surface area contributed by atoms with Crippen molar-refractivity contribution >= 4 is 22.6 Å². The third kappa shape index (κ3) is 3.99. The Morgan fingerprint density at radius 2 is 2.23 bits per heavy atom. The van der Waals surface area contributed by atoms with Gasteiger partial charge in [-0.25, -0.2) is 4.79 Å². The van der Waals surface area contributed by atoms with Gasteiger partial charge in [0.25, 0.3) is 0 Å². The molecule has 0 bridgehead atoms. The first-order valence-corrected chi connectivity index (χ1v) is 8.44. The lowest BCUT2D eigenvalue weighted by Gasteiger charge is -2.15. The quantitative estimate of drug-likeness (QED) is 0.631. The molecule has 9 nitrogen and oxygen atoms in total. The summed E-state index contributed by atoms with van der Waals surface area (Å²) in [7, 11) is 3.55. The smallest absolute Gasteiger partial charge is 0.319 e. The summed E-state index contributed by atoms with van der Waals surface area (Å²) >= 11 is 0. The number of nitrogens with one attached hydrogen (secondary N) is 2. The highest BCUT2D eigenvalue weighted by Crippen LogP contribution is 2.18. The Morgan fingerprint density at radius 1 is 1.38 bits per heavy atom. The number of ether oxygens (including phenoxy) is 1. The van der Waals surface area contributed by atoms with E-state index >= 15 is 0 Å². The Labute approximate surface area is 151 Å². The van der Waals surface area contributed by atoms with Crippen molar-refractivity contribution in [1.82, 2.24) is 29.9 Å². The average molecular weight is 357 g/mol. The summed E-state index contributed by atoms with van der Waals surface area (Å²) in [6.45, 7) is 3.28. The van der Waals surface area contributed by atoms with Gasteiger partial charge < -0.3 is 19.9 Å². The van der Waals surface area contributed by atoms with E-state index in [0.717, 1.165) is 23.9 Å². The Kier molecular flexibility index (Phi) is 5.47. The van der Waals surface area contributed by atoms with E-state index in [9.17, 15) is 4.79 Å². The molecule has 0 saturated carbocycles. The molecule has 3 aromatic rings. The maximum Gasteiger partial charge on any atom is 0.319 e. The second-order valence-corrected chi connectivity index (χ2v) is 6.09. The molecule has 9 heteroatoms. The number of amides is 2. The van der Waals surface area contributed by atoms with Crippen LogP contribution in [-0.4, -0.2) is 44.3 Å². The molecule has 1 atom stereocenters. The number of aromatic nitrogens is 5. The van der Waals surface area contributed by atoms with Gasteiger partial charge in [0.15, 0.2) is 5.82 Å². The zero-order valence-corrected chi connectivity index (χ0v) is 15.1. The summed E-state index contributed by atoms with van der Waals surface area (Å²) in [5.41, 5.74) is 1.71. The van der Waals surface area contributed by atoms with Crippen molar-refractivity contribution in [2.75, 3.05) is 19.0 Å². The summed E-state index contributed by atoms with van der Waals surface area (Å²) in [5, 5.41) is 19.0. The number of anilines is 1. The van der Waals surface area contributed by atoms with Gasteiger partial charge in [-0.15, -0.1) is 10.2 Å². The van der Waals surface area contributed by atoms with Gasteiger partial charge in [0.05, 0.1) is 17.8 Å². The maximum atomic E-state index is 12.3. The topological polar surface area (TPSA) is 98.9 Å². The molecule has 3 rings (SSSR count). The summed E-state index contributed by atoms with van der Waals surface area (Å²) < 4.78 is 8.78. The van der Waals surface area contributed by atoms with Crippen molar-refractivity contribution in [3.63, 3.8) is 0 Å². The van der Waals surface area contributed by atoms with Crippen LogP contribution >= 0.6 is 0 Å². The summed E-state index contributed by atoms with van der Waals surface area (Å²) in [6, 6.07) is 5.09. The number of aryl methyl sites for hydroxylation is 2. The largest absolute Gasteiger partial charge is 0.385 e. The fourth-order valence-electron chi connectivity index (χ4n) is 2.82. The number of fused-ring (bicyclic) bond motifs is 1. The van der Waals surface area contributed by atoms with Crippen LogP contribution in [0.1, 0.15) is 25.2 Å². The van der Waals surface area contributed by atoms with Gasteiger partial charge in [-0.3, -0.25) is 4.68 Å². The number of nitrogens with zero attached hydrogens (tertiary/aromatic N) is 5. The molecule has 26 heavy (non-hydrogen) atoms. The normalized spacial score (nSPS) is 12.3. The van der Waals surface area contributed by atoms with Crippen LogP contribution in [-0.2, 0) is 18.3 Å². The van der Waals surface area contributed by atoms with Crippen LogP contribution in [0, 0.1) is 0 Å². The molecule has 2 aromatic heterocycles. The third-order valence-corrected chi connectivity index (χ3v) is 4.13. The van der Waals surface area contributed by atoms with Crippen LogP contribution in [0.2, 0.25) is 0 Å². The van der Waals surface area contributed by atoms with Crippen molar-refractivity contribution in [2.45, 2.75) is 25.9 Å². The molecular formula is C17H23N7O2. The summed E-state index contributed by atoms with van der Waals surface area (Å²) in [4.78, 5) is 12.3. The van der Waals surface area contributed by atoms with Gasteiger partial charge in [0.2, 0.25) is 0 Å². The molecule has 0 aliphatic heterocycles. The highest BCUT2D eigenvalue weighted by molar-refractivity contribution is 5.92. The number of hydrogen-bond acceptors (Lipinski definition) is 5. The zero-order valence-electron chi connectivity index (χ0n) is 15.1. The molecule has 0 fully saturated rings. The Hall–Kier alpha value is -2.94. The van der Waals surface area contributed by atoms with E-state index in [-0.39, 0.29) is 12.1 Å². The Balaban J connectivity index is 1.61. The Morgan fingerprint density at radius 3 is 3.04 bits per heavy atom. The Bertz CT molecular complexity index is 886. The van der Waals surface area contributed by atoms with Crippen molar-refractivity contribution < 1.29 is 9.53 Å². The average Bonchev–Trinajstić information content (AvgIpc) is 3.22. The summed E-state index contributed by atoms with van der Waals surface area (Å²) in [6.07, 6.45) is 4.28. The first-order chi connectivity index (χ1) is 12.6. The van der Waals surface area contributed by atoms with E-state index in [1.165, 1.54) is 0 Å². The van der Waals surface area contributed by atoms with Gasteiger partial charge >= 0.3 is 6.03 Å². The van der Waals surface area contributed by atoms with Crippen molar-refractivity contribution in [3.8, 4) is 0 Å². The number of urea groups is 1. The van der Waals surface area contributed by atoms with Crippen LogP contribution in [0.5, 0.6) is 0 Å². The van der Waals surface area contributed by atoms with Gasteiger partial charge in [0, 0.05) is 38.4 Å². The molecular weight excluding hydrogens is 334 g/mol. The number of benzene rings is 1. The lowest BCUT2D eigenvalue weighted by atomic mass is 10.2. The predicted molar refractivity (Wildman–Crippen MR) is 97.8 cm³/mol. The fraction of sp³-hybridized carbons (Fsp3) is 0.412. The summed E-state index contributed by atoms with van der Waals surface area (Å²) in [5.74, 6) is 0.707. The molecule has 1 unspecified atom stereocenters. The monoisotopic (exact) mass is 357 g/mol. The lowest BCUT2D eigenvalue weighted by molar-refractivity contribution is 0.189. The second-order valence-electron chi connectivity index (χ2n) is 6.09. The van der Waals surface area contributed by atoms with E-state index in [1.54, 1.807) is 24.3 Å². The maximum absolute atomic E-state index is 12.3. The van der Waals surface area contributed by atoms with Gasteiger partial charge in [-0.1, -0.05) is 0 Å². The van der Waals surface area contributed by atoms with Crippen LogP contribution < -0.4 is 10.6 Å². The third-order valence-electron chi connectivity index (χ3n) is 4.13. The highest BCUT2D eigenvalue weighted by atomic mass is 16.5.